The third-order valence-corrected chi connectivity index (χ3v) is 3.39. The second kappa shape index (κ2) is 5.33. The van der Waals surface area contributed by atoms with E-state index in [2.05, 4.69) is 4.72 Å². The molecular formula is C8H16F3NO3S. The van der Waals surface area contributed by atoms with Crippen molar-refractivity contribution in [3.8, 4) is 0 Å². The molecule has 0 amide bonds. The quantitative estimate of drug-likeness (QED) is 0.752. The van der Waals surface area contributed by atoms with Gasteiger partial charge in [0.2, 0.25) is 10.0 Å². The molecule has 8 heteroatoms. The van der Waals surface area contributed by atoms with Gasteiger partial charge in [0.05, 0.1) is 17.9 Å². The molecule has 0 saturated heterocycles. The zero-order chi connectivity index (χ0) is 13.0. The van der Waals surface area contributed by atoms with Gasteiger partial charge in [-0.3, -0.25) is 0 Å². The SMILES string of the molecule is CC(C)(CO)NS(=O)(=O)CCCC(F)(F)F. The fourth-order valence-corrected chi connectivity index (χ4v) is 2.50. The topological polar surface area (TPSA) is 66.4 Å². The highest BCUT2D eigenvalue weighted by Gasteiger charge is 2.29. The Morgan fingerprint density at radius 1 is 1.25 bits per heavy atom. The van der Waals surface area contributed by atoms with Crippen molar-refractivity contribution < 1.29 is 26.7 Å². The number of halogens is 3. The molecule has 0 aliphatic carbocycles. The summed E-state index contributed by atoms with van der Waals surface area (Å²) in [7, 11) is -3.78. The number of aliphatic hydroxyl groups is 1. The summed E-state index contributed by atoms with van der Waals surface area (Å²) in [5.74, 6) is -0.601. The van der Waals surface area contributed by atoms with Gasteiger partial charge in [-0.25, -0.2) is 13.1 Å². The fraction of sp³-hybridized carbons (Fsp3) is 1.00. The molecule has 0 saturated carbocycles. The Kier molecular flexibility index (Phi) is 5.21. The Hall–Kier alpha value is -0.340. The first-order valence-corrected chi connectivity index (χ1v) is 6.32. The Bertz CT molecular complexity index is 311. The highest BCUT2D eigenvalue weighted by Crippen LogP contribution is 2.21. The van der Waals surface area contributed by atoms with E-state index < -0.39 is 46.9 Å². The molecular weight excluding hydrogens is 247 g/mol. The van der Waals surface area contributed by atoms with Gasteiger partial charge in [-0.1, -0.05) is 0 Å². The summed E-state index contributed by atoms with van der Waals surface area (Å²) in [4.78, 5) is 0. The van der Waals surface area contributed by atoms with Crippen molar-refractivity contribution in [2.75, 3.05) is 12.4 Å². The van der Waals surface area contributed by atoms with E-state index in [9.17, 15) is 21.6 Å². The van der Waals surface area contributed by atoms with Crippen molar-refractivity contribution >= 4 is 10.0 Å². The zero-order valence-electron chi connectivity index (χ0n) is 9.13. The molecule has 0 bridgehead atoms. The maximum atomic E-state index is 11.8. The first-order chi connectivity index (χ1) is 6.97. The van der Waals surface area contributed by atoms with Crippen LogP contribution in [0.25, 0.3) is 0 Å². The number of rotatable bonds is 6. The highest BCUT2D eigenvalue weighted by molar-refractivity contribution is 7.89. The lowest BCUT2D eigenvalue weighted by atomic mass is 10.1. The van der Waals surface area contributed by atoms with Gasteiger partial charge in [0, 0.05) is 6.42 Å². The van der Waals surface area contributed by atoms with Crippen LogP contribution in [0.5, 0.6) is 0 Å². The molecule has 0 unspecified atom stereocenters. The fourth-order valence-electron chi connectivity index (χ4n) is 0.967. The Morgan fingerprint density at radius 3 is 2.12 bits per heavy atom. The number of hydrogen-bond acceptors (Lipinski definition) is 3. The molecule has 0 rings (SSSR count). The first kappa shape index (κ1) is 15.7. The van der Waals surface area contributed by atoms with Crippen LogP contribution in [0, 0.1) is 0 Å². The summed E-state index contributed by atoms with van der Waals surface area (Å²) in [5, 5.41) is 8.81. The third-order valence-electron chi connectivity index (χ3n) is 1.70. The molecule has 0 spiro atoms. The normalized spacial score (nSPS) is 14.1. The molecule has 0 atom stereocenters. The Labute approximate surface area is 92.9 Å². The average Bonchev–Trinajstić information content (AvgIpc) is 1.99. The number of hydrogen-bond donors (Lipinski definition) is 2. The van der Waals surface area contributed by atoms with E-state index in [0.717, 1.165) is 0 Å². The lowest BCUT2D eigenvalue weighted by Gasteiger charge is -2.23. The van der Waals surface area contributed by atoms with Crippen molar-refractivity contribution in [1.82, 2.24) is 4.72 Å². The van der Waals surface area contributed by atoms with E-state index in [1.54, 1.807) is 0 Å². The van der Waals surface area contributed by atoms with Gasteiger partial charge in [-0.15, -0.1) is 0 Å². The van der Waals surface area contributed by atoms with E-state index in [1.807, 2.05) is 0 Å². The lowest BCUT2D eigenvalue weighted by molar-refractivity contribution is -0.134. The van der Waals surface area contributed by atoms with E-state index in [4.69, 9.17) is 5.11 Å². The maximum Gasteiger partial charge on any atom is 0.389 e. The number of sulfonamides is 1. The van der Waals surface area contributed by atoms with E-state index >= 15 is 0 Å². The van der Waals surface area contributed by atoms with Crippen LogP contribution < -0.4 is 4.72 Å². The van der Waals surface area contributed by atoms with Gasteiger partial charge in [-0.05, 0) is 20.3 Å². The van der Waals surface area contributed by atoms with Crippen LogP contribution in [0.3, 0.4) is 0 Å². The summed E-state index contributed by atoms with van der Waals surface area (Å²) < 4.78 is 60.1. The molecule has 0 radical (unpaired) electrons. The predicted molar refractivity (Wildman–Crippen MR) is 53.4 cm³/mol. The molecule has 0 aliphatic rings. The van der Waals surface area contributed by atoms with Gasteiger partial charge >= 0.3 is 6.18 Å². The summed E-state index contributed by atoms with van der Waals surface area (Å²) >= 11 is 0. The van der Waals surface area contributed by atoms with Gasteiger partial charge in [0.15, 0.2) is 0 Å². The zero-order valence-corrected chi connectivity index (χ0v) is 9.95. The lowest BCUT2D eigenvalue weighted by Crippen LogP contribution is -2.47. The molecule has 2 N–H and O–H groups in total. The average molecular weight is 263 g/mol. The van der Waals surface area contributed by atoms with Crippen molar-refractivity contribution in [2.24, 2.45) is 0 Å². The summed E-state index contributed by atoms with van der Waals surface area (Å²) in [6.45, 7) is 2.45. The minimum Gasteiger partial charge on any atom is -0.394 e. The van der Waals surface area contributed by atoms with Crippen LogP contribution in [0.1, 0.15) is 26.7 Å². The van der Waals surface area contributed by atoms with Crippen molar-refractivity contribution in [3.05, 3.63) is 0 Å². The van der Waals surface area contributed by atoms with Crippen LogP contribution in [-0.2, 0) is 10.0 Å². The molecule has 0 aromatic rings. The smallest absolute Gasteiger partial charge is 0.389 e. The second-order valence-electron chi connectivity index (χ2n) is 4.18. The third kappa shape index (κ3) is 7.89. The first-order valence-electron chi connectivity index (χ1n) is 4.67. The van der Waals surface area contributed by atoms with Crippen LogP contribution >= 0.6 is 0 Å². The summed E-state index contributed by atoms with van der Waals surface area (Å²) in [6.07, 6.45) is -5.96. The number of nitrogens with one attached hydrogen (secondary N) is 1. The molecule has 98 valence electrons. The molecule has 16 heavy (non-hydrogen) atoms. The molecule has 4 nitrogen and oxygen atoms in total. The molecule has 0 fully saturated rings. The van der Waals surface area contributed by atoms with Gasteiger partial charge < -0.3 is 5.11 Å². The Morgan fingerprint density at radius 2 is 1.75 bits per heavy atom. The highest BCUT2D eigenvalue weighted by atomic mass is 32.2. The van der Waals surface area contributed by atoms with Crippen LogP contribution in [0.15, 0.2) is 0 Å². The number of alkyl halides is 3. The van der Waals surface area contributed by atoms with Crippen LogP contribution in [0.4, 0.5) is 13.2 Å². The molecule has 0 aromatic heterocycles. The van der Waals surface area contributed by atoms with Gasteiger partial charge in [0.25, 0.3) is 0 Å². The van der Waals surface area contributed by atoms with Crippen molar-refractivity contribution in [3.63, 3.8) is 0 Å². The largest absolute Gasteiger partial charge is 0.394 e. The Balaban J connectivity index is 4.18. The van der Waals surface area contributed by atoms with Gasteiger partial charge in [0.1, 0.15) is 0 Å². The number of aliphatic hydroxyl groups excluding tert-OH is 1. The van der Waals surface area contributed by atoms with Crippen LogP contribution in [-0.4, -0.2) is 37.6 Å². The maximum absolute atomic E-state index is 11.8. The summed E-state index contributed by atoms with van der Waals surface area (Å²) in [6, 6.07) is 0. The minimum absolute atomic E-state index is 0.425. The van der Waals surface area contributed by atoms with Crippen molar-refractivity contribution in [1.29, 1.82) is 0 Å². The van der Waals surface area contributed by atoms with E-state index in [-0.39, 0.29) is 0 Å². The van der Waals surface area contributed by atoms with Crippen molar-refractivity contribution in [2.45, 2.75) is 38.4 Å². The van der Waals surface area contributed by atoms with E-state index in [0.29, 0.717) is 0 Å². The predicted octanol–water partition coefficient (Wildman–Crippen LogP) is 1.02. The molecule has 0 aromatic carbocycles. The minimum atomic E-state index is -4.35. The molecule has 0 aliphatic heterocycles. The molecule has 0 heterocycles. The second-order valence-corrected chi connectivity index (χ2v) is 6.02. The van der Waals surface area contributed by atoms with E-state index in [1.165, 1.54) is 13.8 Å². The summed E-state index contributed by atoms with van der Waals surface area (Å²) in [5.41, 5.74) is -1.06. The van der Waals surface area contributed by atoms with Crippen LogP contribution in [0.2, 0.25) is 0 Å². The van der Waals surface area contributed by atoms with Gasteiger partial charge in [-0.2, -0.15) is 13.2 Å². The standard InChI is InChI=1S/C8H16F3NO3S/c1-7(2,6-13)12-16(14,15)5-3-4-8(9,10)11/h12-13H,3-6H2,1-2H3. The monoisotopic (exact) mass is 263 g/mol.